The van der Waals surface area contributed by atoms with Crippen LogP contribution in [0.3, 0.4) is 0 Å². The van der Waals surface area contributed by atoms with Crippen LogP contribution in [0.1, 0.15) is 34.5 Å². The smallest absolute Gasteiger partial charge is 0.361 e. The van der Waals surface area contributed by atoms with Crippen LogP contribution in [0.2, 0.25) is 5.02 Å². The lowest BCUT2D eigenvalue weighted by atomic mass is 10.1. The van der Waals surface area contributed by atoms with Crippen LogP contribution in [0.4, 0.5) is 14.6 Å². The van der Waals surface area contributed by atoms with Gasteiger partial charge in [-0.1, -0.05) is 17.7 Å². The van der Waals surface area contributed by atoms with E-state index in [-0.39, 0.29) is 17.1 Å². The third-order valence-electron chi connectivity index (χ3n) is 6.14. The number of rotatable bonds is 6. The van der Waals surface area contributed by atoms with Crippen LogP contribution < -0.4 is 5.73 Å². The van der Waals surface area contributed by atoms with Crippen LogP contribution in [-0.4, -0.2) is 38.9 Å². The van der Waals surface area contributed by atoms with Gasteiger partial charge in [0, 0.05) is 34.8 Å². The third-order valence-corrected chi connectivity index (χ3v) is 6.55. The van der Waals surface area contributed by atoms with E-state index in [9.17, 15) is 13.6 Å². The minimum absolute atomic E-state index is 0.137. The number of nitrogens with one attached hydrogen (secondary N) is 1. The molecule has 0 bridgehead atoms. The van der Waals surface area contributed by atoms with Crippen LogP contribution in [0, 0.1) is 11.6 Å². The van der Waals surface area contributed by atoms with Crippen LogP contribution in [-0.2, 0) is 17.9 Å². The number of aromatic amines is 1. The topological polar surface area (TPSA) is 97.1 Å². The zero-order valence-electron chi connectivity index (χ0n) is 18.7. The fourth-order valence-corrected chi connectivity index (χ4v) is 4.45. The average Bonchev–Trinajstić information content (AvgIpc) is 3.52. The minimum atomic E-state index is -0.922. The standard InChI is InChI=1S/C25H22ClF2N5O2/c26-22-17(18(27)4-5-19(22)28)13-35-25(34)23-24(29)31-11-21(32-23)14-3-6-20-16(9-14)15(10-30-20)12-33-7-1-2-8-33/h3-6,9-11,30H,1-2,7-8,12-13H2,(H2,29,31). The van der Waals surface area contributed by atoms with Gasteiger partial charge < -0.3 is 15.5 Å². The van der Waals surface area contributed by atoms with Crippen molar-refractivity contribution < 1.29 is 18.3 Å². The van der Waals surface area contributed by atoms with Gasteiger partial charge in [0.05, 0.1) is 16.9 Å². The highest BCUT2D eigenvalue weighted by Crippen LogP contribution is 2.28. The molecule has 0 spiro atoms. The Kier molecular flexibility index (Phi) is 6.36. The summed E-state index contributed by atoms with van der Waals surface area (Å²) in [4.78, 5) is 26.8. The lowest BCUT2D eigenvalue weighted by Gasteiger charge is -2.13. The molecule has 0 saturated carbocycles. The van der Waals surface area contributed by atoms with E-state index in [1.54, 1.807) is 0 Å². The second-order valence-corrected chi connectivity index (χ2v) is 8.82. The number of carbonyl (C=O) groups is 1. The number of hydrogen-bond acceptors (Lipinski definition) is 6. The van der Waals surface area contributed by atoms with E-state index in [0.717, 1.165) is 48.2 Å². The first-order valence-electron chi connectivity index (χ1n) is 11.2. The monoisotopic (exact) mass is 497 g/mol. The summed E-state index contributed by atoms with van der Waals surface area (Å²) in [6.45, 7) is 2.45. The quantitative estimate of drug-likeness (QED) is 0.284. The number of aromatic nitrogens is 3. The number of esters is 1. The molecule has 3 N–H and O–H groups in total. The second-order valence-electron chi connectivity index (χ2n) is 8.44. The number of halogens is 3. The van der Waals surface area contributed by atoms with Crippen molar-refractivity contribution in [2.24, 2.45) is 0 Å². The molecule has 3 heterocycles. The number of nitrogens with two attached hydrogens (primary N) is 1. The highest BCUT2D eigenvalue weighted by Gasteiger charge is 2.20. The summed E-state index contributed by atoms with van der Waals surface area (Å²) in [6.07, 6.45) is 5.92. The molecule has 1 saturated heterocycles. The Morgan fingerprint density at radius 3 is 2.74 bits per heavy atom. The first kappa shape index (κ1) is 23.2. The molecule has 1 fully saturated rings. The van der Waals surface area contributed by atoms with E-state index in [1.165, 1.54) is 24.6 Å². The molecule has 0 amide bonds. The Labute approximate surface area is 204 Å². The van der Waals surface area contributed by atoms with Gasteiger partial charge in [0.25, 0.3) is 0 Å². The summed E-state index contributed by atoms with van der Waals surface area (Å²) in [7, 11) is 0. The van der Waals surface area contributed by atoms with Gasteiger partial charge in [-0.3, -0.25) is 4.90 Å². The van der Waals surface area contributed by atoms with E-state index < -0.39 is 29.2 Å². The van der Waals surface area contributed by atoms with E-state index in [2.05, 4.69) is 19.9 Å². The Bertz CT molecular complexity index is 1420. The lowest BCUT2D eigenvalue weighted by molar-refractivity contribution is 0.0463. The number of nitrogens with zero attached hydrogens (tertiary/aromatic N) is 3. The van der Waals surface area contributed by atoms with Crippen LogP contribution in [0.25, 0.3) is 22.2 Å². The van der Waals surface area contributed by atoms with Crippen LogP contribution >= 0.6 is 11.6 Å². The molecule has 35 heavy (non-hydrogen) atoms. The Morgan fingerprint density at radius 1 is 1.17 bits per heavy atom. The van der Waals surface area contributed by atoms with E-state index in [0.29, 0.717) is 5.69 Å². The lowest BCUT2D eigenvalue weighted by Crippen LogP contribution is -2.18. The molecule has 0 radical (unpaired) electrons. The fraction of sp³-hybridized carbons (Fsp3) is 0.240. The van der Waals surface area contributed by atoms with E-state index in [4.69, 9.17) is 22.1 Å². The average molecular weight is 498 g/mol. The number of hydrogen-bond donors (Lipinski definition) is 2. The molecule has 5 rings (SSSR count). The summed E-state index contributed by atoms with van der Waals surface area (Å²) in [5, 5.41) is 0.614. The number of likely N-dealkylation sites (tertiary alicyclic amines) is 1. The van der Waals surface area contributed by atoms with Gasteiger partial charge >= 0.3 is 5.97 Å². The summed E-state index contributed by atoms with van der Waals surface area (Å²) in [5.41, 5.74) is 8.73. The molecular weight excluding hydrogens is 476 g/mol. The van der Waals surface area contributed by atoms with Crippen LogP contribution in [0.15, 0.2) is 42.7 Å². The zero-order valence-corrected chi connectivity index (χ0v) is 19.4. The molecule has 7 nitrogen and oxygen atoms in total. The van der Waals surface area contributed by atoms with Crippen molar-refractivity contribution in [3.8, 4) is 11.3 Å². The normalized spacial score (nSPS) is 14.0. The molecule has 0 unspecified atom stereocenters. The van der Waals surface area contributed by atoms with Crippen molar-refractivity contribution in [3.63, 3.8) is 0 Å². The first-order valence-corrected chi connectivity index (χ1v) is 11.5. The number of anilines is 1. The molecule has 2 aromatic heterocycles. The van der Waals surface area contributed by atoms with Crippen molar-refractivity contribution in [3.05, 3.63) is 76.2 Å². The Balaban J connectivity index is 1.40. The van der Waals surface area contributed by atoms with Gasteiger partial charge in [0.1, 0.15) is 18.2 Å². The number of fused-ring (bicyclic) bond motifs is 1. The SMILES string of the molecule is Nc1ncc(-c2ccc3[nH]cc(CN4CCCC4)c3c2)nc1C(=O)OCc1c(F)ccc(F)c1Cl. The molecule has 180 valence electrons. The maximum absolute atomic E-state index is 14.0. The summed E-state index contributed by atoms with van der Waals surface area (Å²) < 4.78 is 32.8. The highest BCUT2D eigenvalue weighted by atomic mass is 35.5. The van der Waals surface area contributed by atoms with Crippen LogP contribution in [0.5, 0.6) is 0 Å². The van der Waals surface area contributed by atoms with Gasteiger partial charge in [0.2, 0.25) is 0 Å². The molecule has 0 atom stereocenters. The van der Waals surface area contributed by atoms with E-state index >= 15 is 0 Å². The number of ether oxygens (including phenoxy) is 1. The van der Waals surface area contributed by atoms with E-state index in [1.807, 2.05) is 24.4 Å². The number of H-pyrrole nitrogens is 1. The summed E-state index contributed by atoms with van der Waals surface area (Å²) >= 11 is 5.80. The summed E-state index contributed by atoms with van der Waals surface area (Å²) in [6, 6.07) is 7.62. The molecule has 4 aromatic rings. The number of nitrogen functional groups attached to an aromatic ring is 1. The zero-order chi connectivity index (χ0) is 24.5. The largest absolute Gasteiger partial charge is 0.456 e. The Hall–Kier alpha value is -3.56. The highest BCUT2D eigenvalue weighted by molar-refractivity contribution is 6.31. The van der Waals surface area contributed by atoms with Gasteiger partial charge in [-0.2, -0.15) is 0 Å². The van der Waals surface area contributed by atoms with Crippen molar-refractivity contribution in [2.45, 2.75) is 26.0 Å². The molecular formula is C25H22ClF2N5O2. The third kappa shape index (κ3) is 4.69. The number of benzene rings is 2. The molecule has 1 aliphatic rings. The number of carbonyl (C=O) groups excluding carboxylic acids is 1. The van der Waals surface area contributed by atoms with Crippen molar-refractivity contribution in [1.82, 2.24) is 19.9 Å². The van der Waals surface area contributed by atoms with Crippen molar-refractivity contribution >= 4 is 34.3 Å². The second kappa shape index (κ2) is 9.59. The van der Waals surface area contributed by atoms with Crippen molar-refractivity contribution in [1.29, 1.82) is 0 Å². The minimum Gasteiger partial charge on any atom is -0.456 e. The van der Waals surface area contributed by atoms with Gasteiger partial charge in [-0.25, -0.2) is 23.5 Å². The van der Waals surface area contributed by atoms with Crippen molar-refractivity contribution in [2.75, 3.05) is 18.8 Å². The van der Waals surface area contributed by atoms with Gasteiger partial charge in [-0.05, 0) is 55.8 Å². The fourth-order valence-electron chi connectivity index (χ4n) is 4.25. The van der Waals surface area contributed by atoms with Gasteiger partial charge in [0.15, 0.2) is 11.5 Å². The predicted octanol–water partition coefficient (Wildman–Crippen LogP) is 5.09. The molecule has 1 aliphatic heterocycles. The Morgan fingerprint density at radius 2 is 1.94 bits per heavy atom. The molecule has 10 heteroatoms. The maximum atomic E-state index is 14.0. The summed E-state index contributed by atoms with van der Waals surface area (Å²) in [5.74, 6) is -2.66. The van der Waals surface area contributed by atoms with Gasteiger partial charge in [-0.15, -0.1) is 0 Å². The maximum Gasteiger partial charge on any atom is 0.361 e. The molecule has 2 aromatic carbocycles. The molecule has 0 aliphatic carbocycles. The predicted molar refractivity (Wildman–Crippen MR) is 129 cm³/mol. The first-order chi connectivity index (χ1) is 16.9.